The molecule has 0 unspecified atom stereocenters. The summed E-state index contributed by atoms with van der Waals surface area (Å²) in [5, 5.41) is 2.86. The smallest absolute Gasteiger partial charge is 0.331 e. The molecular formula is C17H15ClN4O5S. The van der Waals surface area contributed by atoms with Gasteiger partial charge in [-0.05, 0) is 31.2 Å². The Morgan fingerprint density at radius 3 is 2.75 bits per heavy atom. The molecule has 9 nitrogen and oxygen atoms in total. The number of hydrogen-bond donors (Lipinski definition) is 2. The average Bonchev–Trinajstić information content (AvgIpc) is 2.92. The molecule has 0 saturated carbocycles. The van der Waals surface area contributed by atoms with Gasteiger partial charge < -0.3 is 10.1 Å². The Morgan fingerprint density at radius 1 is 1.29 bits per heavy atom. The van der Waals surface area contributed by atoms with Crippen molar-refractivity contribution in [2.24, 2.45) is 4.99 Å². The number of halogens is 1. The average molecular weight is 423 g/mol. The van der Waals surface area contributed by atoms with Crippen LogP contribution in [0.4, 0.5) is 5.82 Å². The molecule has 1 aromatic heterocycles. The number of amides is 1. The number of nitrogens with zero attached hydrogens (tertiary/aromatic N) is 2. The molecule has 0 bridgehead atoms. The van der Waals surface area contributed by atoms with Crippen molar-refractivity contribution >= 4 is 45.2 Å². The van der Waals surface area contributed by atoms with Crippen molar-refractivity contribution in [3.05, 3.63) is 53.2 Å². The predicted octanol–water partition coefficient (Wildman–Crippen LogP) is 1.34. The van der Waals surface area contributed by atoms with Gasteiger partial charge in [-0.1, -0.05) is 23.7 Å². The summed E-state index contributed by atoms with van der Waals surface area (Å²) in [5.41, 5.74) is 0.369. The highest BCUT2D eigenvalue weighted by Gasteiger charge is 2.31. The molecule has 2 aromatic rings. The van der Waals surface area contributed by atoms with Crippen LogP contribution in [0, 0.1) is 0 Å². The summed E-state index contributed by atoms with van der Waals surface area (Å²) in [5.74, 6) is -1.06. The van der Waals surface area contributed by atoms with E-state index in [1.165, 1.54) is 25.3 Å². The normalized spacial score (nSPS) is 16.7. The number of carbonyl (C=O) groups is 2. The van der Waals surface area contributed by atoms with Crippen molar-refractivity contribution in [2.45, 2.75) is 17.9 Å². The van der Waals surface area contributed by atoms with Crippen molar-refractivity contribution in [1.82, 2.24) is 9.71 Å². The van der Waals surface area contributed by atoms with E-state index in [9.17, 15) is 18.0 Å². The van der Waals surface area contributed by atoms with Gasteiger partial charge in [0.15, 0.2) is 6.61 Å². The van der Waals surface area contributed by atoms with E-state index in [0.717, 1.165) is 0 Å². The number of aliphatic imine (C=N–C) groups is 1. The number of aromatic nitrogens is 1. The number of fused-ring (bicyclic) bond motifs is 1. The molecule has 1 aliphatic rings. The number of rotatable bonds is 5. The van der Waals surface area contributed by atoms with Gasteiger partial charge in [0.1, 0.15) is 17.7 Å². The molecule has 1 atom stereocenters. The Kier molecular flexibility index (Phi) is 5.61. The Bertz CT molecular complexity index is 1050. The molecule has 1 aliphatic heterocycles. The highest BCUT2D eigenvalue weighted by molar-refractivity contribution is 7.90. The molecule has 0 spiro atoms. The van der Waals surface area contributed by atoms with E-state index < -0.39 is 34.5 Å². The number of esters is 1. The third-order valence-electron chi connectivity index (χ3n) is 3.67. The number of ether oxygens (including phenoxy) is 1. The predicted molar refractivity (Wildman–Crippen MR) is 102 cm³/mol. The summed E-state index contributed by atoms with van der Waals surface area (Å²) < 4.78 is 31.3. The lowest BCUT2D eigenvalue weighted by molar-refractivity contribution is -0.148. The monoisotopic (exact) mass is 422 g/mol. The highest BCUT2D eigenvalue weighted by atomic mass is 35.5. The van der Waals surface area contributed by atoms with Crippen LogP contribution in [0.1, 0.15) is 12.5 Å². The quantitative estimate of drug-likeness (QED) is 0.700. The minimum absolute atomic E-state index is 0.0508. The van der Waals surface area contributed by atoms with Crippen LogP contribution in [0.3, 0.4) is 0 Å². The first-order valence-corrected chi connectivity index (χ1v) is 9.90. The highest BCUT2D eigenvalue weighted by Crippen LogP contribution is 2.22. The number of anilines is 1. The number of benzene rings is 1. The van der Waals surface area contributed by atoms with Crippen molar-refractivity contribution in [3.8, 4) is 0 Å². The lowest BCUT2D eigenvalue weighted by Crippen LogP contribution is -2.29. The molecule has 0 aliphatic carbocycles. The molecule has 1 amide bonds. The summed E-state index contributed by atoms with van der Waals surface area (Å²) in [6.07, 6.45) is 1.36. The van der Waals surface area contributed by atoms with Gasteiger partial charge in [0.05, 0.1) is 9.92 Å². The summed E-state index contributed by atoms with van der Waals surface area (Å²) in [6, 6.07) is 8.30. The molecule has 0 fully saturated rings. The van der Waals surface area contributed by atoms with E-state index in [1.54, 1.807) is 24.3 Å². The first-order chi connectivity index (χ1) is 13.3. The van der Waals surface area contributed by atoms with Gasteiger partial charge in [-0.2, -0.15) is 0 Å². The van der Waals surface area contributed by atoms with Crippen LogP contribution in [-0.4, -0.2) is 43.8 Å². The van der Waals surface area contributed by atoms with Crippen LogP contribution in [0.5, 0.6) is 0 Å². The topological polar surface area (TPSA) is 127 Å². The van der Waals surface area contributed by atoms with Crippen molar-refractivity contribution in [2.75, 3.05) is 11.9 Å². The van der Waals surface area contributed by atoms with Crippen LogP contribution in [0.15, 0.2) is 52.5 Å². The third-order valence-corrected chi connectivity index (χ3v) is 5.29. The van der Waals surface area contributed by atoms with E-state index >= 15 is 0 Å². The first-order valence-electron chi connectivity index (χ1n) is 8.04. The standard InChI is InChI=1S/C17H15ClN4O5S/c1-10(20-16-12-4-2-3-5-13(12)28(25,26)22-16)17(24)27-9-15(23)21-14-7-6-11(18)8-19-14/h2-8,10H,9H2,1H3,(H,20,22)(H,19,21,23)/t10-/m1/s1. The zero-order valence-corrected chi connectivity index (χ0v) is 16.1. The maximum absolute atomic E-state index is 12.1. The van der Waals surface area contributed by atoms with Gasteiger partial charge >= 0.3 is 5.97 Å². The Balaban J connectivity index is 1.60. The van der Waals surface area contributed by atoms with Crippen molar-refractivity contribution < 1.29 is 22.7 Å². The van der Waals surface area contributed by atoms with Crippen LogP contribution in [0.2, 0.25) is 5.02 Å². The van der Waals surface area contributed by atoms with E-state index in [0.29, 0.717) is 10.6 Å². The van der Waals surface area contributed by atoms with E-state index in [4.69, 9.17) is 16.3 Å². The summed E-state index contributed by atoms with van der Waals surface area (Å²) in [7, 11) is -3.70. The fourth-order valence-corrected chi connectivity index (χ4v) is 3.71. The molecular weight excluding hydrogens is 408 g/mol. The number of nitrogens with one attached hydrogen (secondary N) is 2. The largest absolute Gasteiger partial charge is 0.454 e. The fourth-order valence-electron chi connectivity index (χ4n) is 2.36. The molecule has 28 heavy (non-hydrogen) atoms. The number of sulfonamides is 1. The van der Waals surface area contributed by atoms with E-state index in [1.807, 2.05) is 0 Å². The molecule has 0 saturated heterocycles. The van der Waals surface area contributed by atoms with Crippen LogP contribution >= 0.6 is 11.6 Å². The summed E-state index contributed by atoms with van der Waals surface area (Å²) in [6.45, 7) is 0.893. The molecule has 0 radical (unpaired) electrons. The minimum Gasteiger partial charge on any atom is -0.454 e. The number of carbonyl (C=O) groups excluding carboxylic acids is 2. The Morgan fingerprint density at radius 2 is 2.04 bits per heavy atom. The SMILES string of the molecule is C[C@@H](N=C1NS(=O)(=O)c2ccccc21)C(=O)OCC(=O)Nc1ccc(Cl)cn1. The van der Waals surface area contributed by atoms with Gasteiger partial charge in [-0.25, -0.2) is 18.2 Å². The lowest BCUT2D eigenvalue weighted by Gasteiger charge is -2.09. The second kappa shape index (κ2) is 7.95. The molecule has 3 rings (SSSR count). The Labute approximate surface area is 165 Å². The second-order valence-corrected chi connectivity index (χ2v) is 7.86. The zero-order valence-electron chi connectivity index (χ0n) is 14.5. The molecule has 2 heterocycles. The van der Waals surface area contributed by atoms with Crippen molar-refractivity contribution in [1.29, 1.82) is 0 Å². The van der Waals surface area contributed by atoms with Gasteiger partial charge in [-0.3, -0.25) is 14.5 Å². The number of amidine groups is 1. The second-order valence-electron chi connectivity index (χ2n) is 5.77. The minimum atomic E-state index is -3.70. The van der Waals surface area contributed by atoms with Crippen LogP contribution in [-0.2, 0) is 24.3 Å². The first kappa shape index (κ1) is 19.8. The van der Waals surface area contributed by atoms with Crippen LogP contribution in [0.25, 0.3) is 0 Å². The summed E-state index contributed by atoms with van der Waals surface area (Å²) in [4.78, 5) is 32.0. The fraction of sp³-hybridized carbons (Fsp3) is 0.176. The number of hydrogen-bond acceptors (Lipinski definition) is 7. The lowest BCUT2D eigenvalue weighted by atomic mass is 10.2. The molecule has 1 aromatic carbocycles. The van der Waals surface area contributed by atoms with Gasteiger partial charge in [-0.15, -0.1) is 0 Å². The van der Waals surface area contributed by atoms with E-state index in [2.05, 4.69) is 20.0 Å². The maximum Gasteiger partial charge on any atom is 0.331 e. The third kappa shape index (κ3) is 4.46. The molecule has 146 valence electrons. The van der Waals surface area contributed by atoms with Gasteiger partial charge in [0, 0.05) is 11.8 Å². The maximum atomic E-state index is 12.1. The summed E-state index contributed by atoms with van der Waals surface area (Å²) >= 11 is 5.71. The van der Waals surface area contributed by atoms with Crippen molar-refractivity contribution in [3.63, 3.8) is 0 Å². The Hall–Kier alpha value is -2.98. The van der Waals surface area contributed by atoms with Crippen LogP contribution < -0.4 is 10.0 Å². The zero-order chi connectivity index (χ0) is 20.3. The van der Waals surface area contributed by atoms with Gasteiger partial charge in [0.25, 0.3) is 15.9 Å². The molecule has 2 N–H and O–H groups in total. The molecule has 11 heteroatoms. The number of pyridine rings is 1. The van der Waals surface area contributed by atoms with E-state index in [-0.39, 0.29) is 16.5 Å². The van der Waals surface area contributed by atoms with Gasteiger partial charge in [0.2, 0.25) is 0 Å².